The molecule has 2 heterocycles. The van der Waals surface area contributed by atoms with Crippen molar-refractivity contribution >= 4 is 15.8 Å². The molecule has 0 bridgehead atoms. The maximum Gasteiger partial charge on any atom is 0.327 e. The number of hydrogen-bond acceptors (Lipinski definition) is 5. The average Bonchev–Trinajstić information content (AvgIpc) is 3.28. The molecule has 3 rings (SSSR count). The molecule has 28 heavy (non-hydrogen) atoms. The highest BCUT2D eigenvalue weighted by molar-refractivity contribution is 7.91. The predicted molar refractivity (Wildman–Crippen MR) is 107 cm³/mol. The molecule has 0 atom stereocenters. The number of aromatic amines is 1. The summed E-state index contributed by atoms with van der Waals surface area (Å²) in [4.78, 5) is 15.4. The zero-order valence-corrected chi connectivity index (χ0v) is 16.9. The quantitative estimate of drug-likeness (QED) is 0.614. The van der Waals surface area contributed by atoms with Crippen LogP contribution in [-0.2, 0) is 25.9 Å². The Bertz CT molecular complexity index is 1100. The topological polar surface area (TPSA) is 94.1 Å². The number of esters is 1. The third-order valence-electron chi connectivity index (χ3n) is 4.33. The molecule has 8 heteroatoms. The maximum absolute atomic E-state index is 12.1. The van der Waals surface area contributed by atoms with Gasteiger partial charge in [0.1, 0.15) is 6.54 Å². The smallest absolute Gasteiger partial charge is 0.327 e. The molecular weight excluding hydrogens is 378 g/mol. The van der Waals surface area contributed by atoms with Gasteiger partial charge in [-0.05, 0) is 49.7 Å². The van der Waals surface area contributed by atoms with E-state index in [0.717, 1.165) is 28.3 Å². The van der Waals surface area contributed by atoms with Gasteiger partial charge >= 0.3 is 5.97 Å². The van der Waals surface area contributed by atoms with Crippen molar-refractivity contribution in [1.82, 2.24) is 14.8 Å². The Morgan fingerprint density at radius 2 is 1.89 bits per heavy atom. The molecule has 0 spiro atoms. The molecule has 1 N–H and O–H groups in total. The molecule has 0 radical (unpaired) electrons. The number of nitrogens with one attached hydrogen (secondary N) is 1. The van der Waals surface area contributed by atoms with Crippen LogP contribution in [0.2, 0.25) is 0 Å². The standard InChI is InChI=1S/C20H23N3O4S/c1-4-27-20(24)13-23-19(11-14(3)22-23)18-10-9-17(21-18)15-7-6-8-16(12-15)28(25,26)5-2/h6-12,21H,4-5,13H2,1-3H3. The van der Waals surface area contributed by atoms with Gasteiger partial charge in [0.25, 0.3) is 0 Å². The lowest BCUT2D eigenvalue weighted by molar-refractivity contribution is -0.144. The van der Waals surface area contributed by atoms with Gasteiger partial charge in [-0.1, -0.05) is 19.1 Å². The lowest BCUT2D eigenvalue weighted by Crippen LogP contribution is -2.15. The summed E-state index contributed by atoms with van der Waals surface area (Å²) in [5.74, 6) is -0.297. The Morgan fingerprint density at radius 1 is 1.14 bits per heavy atom. The molecule has 0 unspecified atom stereocenters. The van der Waals surface area contributed by atoms with Crippen LogP contribution >= 0.6 is 0 Å². The van der Waals surface area contributed by atoms with Crippen molar-refractivity contribution in [3.05, 3.63) is 48.2 Å². The van der Waals surface area contributed by atoms with E-state index in [4.69, 9.17) is 4.74 Å². The molecule has 0 aliphatic rings. The number of carbonyl (C=O) groups is 1. The van der Waals surface area contributed by atoms with Crippen LogP contribution in [0.3, 0.4) is 0 Å². The number of aryl methyl sites for hydroxylation is 1. The molecule has 3 aromatic rings. The number of carbonyl (C=O) groups excluding carboxylic acids is 1. The van der Waals surface area contributed by atoms with Crippen molar-refractivity contribution in [1.29, 1.82) is 0 Å². The van der Waals surface area contributed by atoms with Crippen LogP contribution < -0.4 is 0 Å². The minimum atomic E-state index is -3.28. The highest BCUT2D eigenvalue weighted by Gasteiger charge is 2.16. The Balaban J connectivity index is 1.94. The number of benzene rings is 1. The minimum Gasteiger partial charge on any atom is -0.465 e. The molecule has 2 aromatic heterocycles. The molecule has 0 saturated carbocycles. The summed E-state index contributed by atoms with van der Waals surface area (Å²) in [7, 11) is -3.28. The van der Waals surface area contributed by atoms with Gasteiger partial charge in [-0.25, -0.2) is 8.42 Å². The number of sulfone groups is 1. The van der Waals surface area contributed by atoms with Crippen molar-refractivity contribution in [2.45, 2.75) is 32.2 Å². The van der Waals surface area contributed by atoms with Gasteiger partial charge in [0.2, 0.25) is 0 Å². The molecular formula is C20H23N3O4S. The Hall–Kier alpha value is -2.87. The normalized spacial score (nSPS) is 11.5. The average molecular weight is 401 g/mol. The summed E-state index contributed by atoms with van der Waals surface area (Å²) in [6.45, 7) is 5.58. The first-order valence-corrected chi connectivity index (χ1v) is 10.7. The predicted octanol–water partition coefficient (Wildman–Crippen LogP) is 3.21. The van der Waals surface area contributed by atoms with E-state index in [0.29, 0.717) is 11.5 Å². The Morgan fingerprint density at radius 3 is 2.61 bits per heavy atom. The second-order valence-electron chi connectivity index (χ2n) is 6.35. The number of ether oxygens (including phenoxy) is 1. The molecule has 0 saturated heterocycles. The third-order valence-corrected chi connectivity index (χ3v) is 6.06. The molecule has 0 aliphatic carbocycles. The van der Waals surface area contributed by atoms with Crippen molar-refractivity contribution in [2.24, 2.45) is 0 Å². The fourth-order valence-corrected chi connectivity index (χ4v) is 3.87. The van der Waals surface area contributed by atoms with E-state index in [1.165, 1.54) is 0 Å². The zero-order valence-electron chi connectivity index (χ0n) is 16.1. The SMILES string of the molecule is CCOC(=O)Cn1nc(C)cc1-c1ccc(-c2cccc(S(=O)(=O)CC)c2)[nH]1. The van der Waals surface area contributed by atoms with Gasteiger partial charge in [0, 0.05) is 5.69 Å². The molecule has 7 nitrogen and oxygen atoms in total. The van der Waals surface area contributed by atoms with Crippen LogP contribution in [0.15, 0.2) is 47.4 Å². The van der Waals surface area contributed by atoms with Gasteiger partial charge in [-0.15, -0.1) is 0 Å². The first-order chi connectivity index (χ1) is 13.3. The van der Waals surface area contributed by atoms with Gasteiger partial charge in [0.05, 0.1) is 34.3 Å². The fraction of sp³-hybridized carbons (Fsp3) is 0.300. The van der Waals surface area contributed by atoms with Gasteiger partial charge in [0.15, 0.2) is 9.84 Å². The van der Waals surface area contributed by atoms with Crippen molar-refractivity contribution in [2.75, 3.05) is 12.4 Å². The van der Waals surface area contributed by atoms with Crippen molar-refractivity contribution < 1.29 is 17.9 Å². The summed E-state index contributed by atoms with van der Waals surface area (Å²) in [5, 5.41) is 4.37. The maximum atomic E-state index is 12.1. The van der Waals surface area contributed by atoms with E-state index in [1.54, 1.807) is 36.7 Å². The van der Waals surface area contributed by atoms with E-state index in [9.17, 15) is 13.2 Å². The van der Waals surface area contributed by atoms with E-state index in [-0.39, 0.29) is 18.3 Å². The van der Waals surface area contributed by atoms with E-state index in [1.807, 2.05) is 31.2 Å². The Labute approximate surface area is 164 Å². The van der Waals surface area contributed by atoms with Crippen LogP contribution in [-0.4, -0.2) is 41.5 Å². The van der Waals surface area contributed by atoms with Crippen molar-refractivity contribution in [3.8, 4) is 22.6 Å². The van der Waals surface area contributed by atoms with Crippen LogP contribution in [0.25, 0.3) is 22.6 Å². The molecule has 0 amide bonds. The summed E-state index contributed by atoms with van der Waals surface area (Å²) in [5.41, 5.74) is 3.88. The van der Waals surface area contributed by atoms with Gasteiger partial charge in [-0.2, -0.15) is 5.10 Å². The summed E-state index contributed by atoms with van der Waals surface area (Å²) in [6.07, 6.45) is 0. The Kier molecular flexibility index (Phi) is 5.69. The lowest BCUT2D eigenvalue weighted by atomic mass is 10.2. The fourth-order valence-electron chi connectivity index (χ4n) is 2.95. The number of rotatable bonds is 7. The second kappa shape index (κ2) is 8.02. The molecule has 0 aliphatic heterocycles. The first kappa shape index (κ1) is 19.9. The summed E-state index contributed by atoms with van der Waals surface area (Å²) in [6, 6.07) is 12.5. The molecule has 0 fully saturated rings. The highest BCUT2D eigenvalue weighted by atomic mass is 32.2. The van der Waals surface area contributed by atoms with Crippen LogP contribution in [0.1, 0.15) is 19.5 Å². The summed E-state index contributed by atoms with van der Waals surface area (Å²) < 4.78 is 30.9. The van der Waals surface area contributed by atoms with Gasteiger partial charge in [-0.3, -0.25) is 9.48 Å². The molecule has 148 valence electrons. The van der Waals surface area contributed by atoms with Crippen molar-refractivity contribution in [3.63, 3.8) is 0 Å². The number of nitrogens with zero attached hydrogens (tertiary/aromatic N) is 2. The van der Waals surface area contributed by atoms with E-state index in [2.05, 4.69) is 10.1 Å². The summed E-state index contributed by atoms with van der Waals surface area (Å²) >= 11 is 0. The van der Waals surface area contributed by atoms with Crippen LogP contribution in [0.4, 0.5) is 0 Å². The molecule has 1 aromatic carbocycles. The third kappa shape index (κ3) is 4.17. The van der Waals surface area contributed by atoms with Crippen LogP contribution in [0.5, 0.6) is 0 Å². The second-order valence-corrected chi connectivity index (χ2v) is 8.63. The number of H-pyrrole nitrogens is 1. The number of hydrogen-bond donors (Lipinski definition) is 1. The highest BCUT2D eigenvalue weighted by Crippen LogP contribution is 2.27. The van der Waals surface area contributed by atoms with E-state index < -0.39 is 9.84 Å². The largest absolute Gasteiger partial charge is 0.465 e. The monoisotopic (exact) mass is 401 g/mol. The van der Waals surface area contributed by atoms with Gasteiger partial charge < -0.3 is 9.72 Å². The van der Waals surface area contributed by atoms with E-state index >= 15 is 0 Å². The van der Waals surface area contributed by atoms with Crippen LogP contribution in [0, 0.1) is 6.92 Å². The number of aromatic nitrogens is 3. The first-order valence-electron chi connectivity index (χ1n) is 9.06. The zero-order chi connectivity index (χ0) is 20.3. The minimum absolute atomic E-state index is 0.0234. The lowest BCUT2D eigenvalue weighted by Gasteiger charge is -2.06.